The van der Waals surface area contributed by atoms with Gasteiger partial charge in [0.05, 0.1) is 19.0 Å². The van der Waals surface area contributed by atoms with Crippen LogP contribution < -0.4 is 15.2 Å². The largest absolute Gasteiger partial charge is 0.493 e. The van der Waals surface area contributed by atoms with Crippen LogP contribution >= 0.6 is 0 Å². The number of para-hydroxylation sites is 2. The summed E-state index contributed by atoms with van der Waals surface area (Å²) >= 11 is 0. The summed E-state index contributed by atoms with van der Waals surface area (Å²) in [6.45, 7) is 0. The van der Waals surface area contributed by atoms with Gasteiger partial charge in [-0.2, -0.15) is 0 Å². The van der Waals surface area contributed by atoms with E-state index >= 15 is 0 Å². The topological polar surface area (TPSA) is 57.4 Å². The lowest BCUT2D eigenvalue weighted by Gasteiger charge is -2.10. The summed E-state index contributed by atoms with van der Waals surface area (Å²) in [5.41, 5.74) is 6.23. The molecule has 0 radical (unpaired) electrons. The number of aromatic nitrogens is 1. The summed E-state index contributed by atoms with van der Waals surface area (Å²) < 4.78 is 10.8. The van der Waals surface area contributed by atoms with Gasteiger partial charge in [0, 0.05) is 12.3 Å². The molecule has 0 unspecified atom stereocenters. The first-order valence-electron chi connectivity index (χ1n) is 4.81. The van der Waals surface area contributed by atoms with E-state index < -0.39 is 0 Å². The highest BCUT2D eigenvalue weighted by atomic mass is 16.5. The number of anilines is 1. The second-order valence-electron chi connectivity index (χ2n) is 3.17. The third-order valence-electron chi connectivity index (χ3n) is 2.10. The van der Waals surface area contributed by atoms with Crippen molar-refractivity contribution in [3.8, 4) is 17.2 Å². The Labute approximate surface area is 93.6 Å². The maximum absolute atomic E-state index is 5.73. The number of nitrogens with zero attached hydrogens (tertiary/aromatic N) is 1. The summed E-state index contributed by atoms with van der Waals surface area (Å²) in [4.78, 5) is 3.89. The second kappa shape index (κ2) is 4.53. The van der Waals surface area contributed by atoms with Crippen molar-refractivity contribution in [3.63, 3.8) is 0 Å². The molecule has 16 heavy (non-hydrogen) atoms. The molecule has 1 aromatic heterocycles. The van der Waals surface area contributed by atoms with Crippen molar-refractivity contribution in [3.05, 3.63) is 42.7 Å². The molecule has 1 aromatic carbocycles. The number of hydrogen-bond acceptors (Lipinski definition) is 4. The van der Waals surface area contributed by atoms with Crippen molar-refractivity contribution in [2.75, 3.05) is 12.8 Å². The fraction of sp³-hybridized carbons (Fsp3) is 0.0833. The van der Waals surface area contributed by atoms with Crippen molar-refractivity contribution in [1.82, 2.24) is 4.98 Å². The minimum Gasteiger partial charge on any atom is -0.493 e. The van der Waals surface area contributed by atoms with E-state index in [1.165, 1.54) is 0 Å². The molecular formula is C12H12N2O2. The predicted molar refractivity (Wildman–Crippen MR) is 61.7 cm³/mol. The number of benzene rings is 1. The van der Waals surface area contributed by atoms with Crippen LogP contribution in [0.25, 0.3) is 0 Å². The zero-order valence-electron chi connectivity index (χ0n) is 8.88. The summed E-state index contributed by atoms with van der Waals surface area (Å²) in [5, 5.41) is 0. The standard InChI is InChI=1S/C12H12N2O2/c1-15-11-4-2-3-5-12(11)16-10-6-7-14-8-9(10)13/h2-8H,13H2,1H3. The second-order valence-corrected chi connectivity index (χ2v) is 3.17. The Morgan fingerprint density at radius 2 is 1.81 bits per heavy atom. The third kappa shape index (κ3) is 2.06. The first-order chi connectivity index (χ1) is 7.81. The minimum atomic E-state index is 0.494. The van der Waals surface area contributed by atoms with Crippen LogP contribution in [-0.2, 0) is 0 Å². The zero-order chi connectivity index (χ0) is 11.4. The van der Waals surface area contributed by atoms with E-state index in [2.05, 4.69) is 4.98 Å². The molecule has 1 heterocycles. The Kier molecular flexibility index (Phi) is 2.91. The molecule has 2 rings (SSSR count). The molecule has 0 aliphatic heterocycles. The first-order valence-corrected chi connectivity index (χ1v) is 4.81. The number of ether oxygens (including phenoxy) is 2. The quantitative estimate of drug-likeness (QED) is 0.856. The maximum Gasteiger partial charge on any atom is 0.169 e. The van der Waals surface area contributed by atoms with E-state index in [4.69, 9.17) is 15.2 Å². The average Bonchev–Trinajstić information content (AvgIpc) is 2.33. The number of pyridine rings is 1. The highest BCUT2D eigenvalue weighted by Gasteiger charge is 2.06. The molecule has 0 bridgehead atoms. The molecule has 0 aliphatic rings. The molecule has 0 saturated carbocycles. The highest BCUT2D eigenvalue weighted by Crippen LogP contribution is 2.32. The van der Waals surface area contributed by atoms with Crippen LogP contribution in [0.5, 0.6) is 17.2 Å². The predicted octanol–water partition coefficient (Wildman–Crippen LogP) is 2.46. The van der Waals surface area contributed by atoms with E-state index in [0.29, 0.717) is 22.9 Å². The van der Waals surface area contributed by atoms with Gasteiger partial charge in [-0.05, 0) is 12.1 Å². The van der Waals surface area contributed by atoms with Crippen LogP contribution in [0.1, 0.15) is 0 Å². The van der Waals surface area contributed by atoms with E-state index in [1.807, 2.05) is 24.3 Å². The van der Waals surface area contributed by atoms with Crippen LogP contribution in [0, 0.1) is 0 Å². The zero-order valence-corrected chi connectivity index (χ0v) is 8.88. The van der Waals surface area contributed by atoms with Gasteiger partial charge in [-0.25, -0.2) is 0 Å². The number of nitrogen functional groups attached to an aromatic ring is 1. The van der Waals surface area contributed by atoms with Crippen LogP contribution in [0.2, 0.25) is 0 Å². The summed E-state index contributed by atoms with van der Waals surface area (Å²) in [6, 6.07) is 9.10. The lowest BCUT2D eigenvalue weighted by molar-refractivity contribution is 0.379. The Morgan fingerprint density at radius 1 is 1.06 bits per heavy atom. The molecule has 0 atom stereocenters. The minimum absolute atomic E-state index is 0.494. The van der Waals surface area contributed by atoms with E-state index in [9.17, 15) is 0 Å². The Hall–Kier alpha value is -2.23. The molecule has 0 spiro atoms. The Balaban J connectivity index is 2.30. The molecule has 4 heteroatoms. The van der Waals surface area contributed by atoms with Crippen LogP contribution in [0.3, 0.4) is 0 Å². The van der Waals surface area contributed by atoms with Crippen molar-refractivity contribution >= 4 is 5.69 Å². The van der Waals surface area contributed by atoms with Crippen molar-refractivity contribution in [2.45, 2.75) is 0 Å². The van der Waals surface area contributed by atoms with Crippen molar-refractivity contribution < 1.29 is 9.47 Å². The molecule has 4 nitrogen and oxygen atoms in total. The summed E-state index contributed by atoms with van der Waals surface area (Å²) in [7, 11) is 1.60. The number of methoxy groups -OCH3 is 1. The van der Waals surface area contributed by atoms with Crippen molar-refractivity contribution in [2.24, 2.45) is 0 Å². The molecule has 0 amide bonds. The van der Waals surface area contributed by atoms with Gasteiger partial charge in [-0.15, -0.1) is 0 Å². The summed E-state index contributed by atoms with van der Waals surface area (Å²) in [5.74, 6) is 1.86. The van der Waals surface area contributed by atoms with Gasteiger partial charge in [0.1, 0.15) is 0 Å². The lowest BCUT2D eigenvalue weighted by atomic mass is 10.3. The number of nitrogens with two attached hydrogens (primary N) is 1. The monoisotopic (exact) mass is 216 g/mol. The maximum atomic E-state index is 5.73. The lowest BCUT2D eigenvalue weighted by Crippen LogP contribution is -1.94. The molecule has 0 saturated heterocycles. The van der Waals surface area contributed by atoms with Gasteiger partial charge >= 0.3 is 0 Å². The van der Waals surface area contributed by atoms with Gasteiger partial charge in [-0.3, -0.25) is 4.98 Å². The SMILES string of the molecule is COc1ccccc1Oc1ccncc1N. The van der Waals surface area contributed by atoms with Gasteiger partial charge in [0.15, 0.2) is 17.2 Å². The third-order valence-corrected chi connectivity index (χ3v) is 2.10. The van der Waals surface area contributed by atoms with Crippen molar-refractivity contribution in [1.29, 1.82) is 0 Å². The van der Waals surface area contributed by atoms with Crippen LogP contribution in [-0.4, -0.2) is 12.1 Å². The van der Waals surface area contributed by atoms with Gasteiger partial charge in [-0.1, -0.05) is 12.1 Å². The van der Waals surface area contributed by atoms with Gasteiger partial charge in [0.25, 0.3) is 0 Å². The van der Waals surface area contributed by atoms with Crippen LogP contribution in [0.4, 0.5) is 5.69 Å². The van der Waals surface area contributed by atoms with E-state index in [-0.39, 0.29) is 0 Å². The van der Waals surface area contributed by atoms with E-state index in [0.717, 1.165) is 0 Å². The average molecular weight is 216 g/mol. The summed E-state index contributed by atoms with van der Waals surface area (Å²) in [6.07, 6.45) is 3.17. The molecule has 2 aromatic rings. The fourth-order valence-electron chi connectivity index (χ4n) is 1.31. The van der Waals surface area contributed by atoms with Gasteiger partial charge in [0.2, 0.25) is 0 Å². The molecule has 2 N–H and O–H groups in total. The Bertz CT molecular complexity index is 486. The molecular weight excluding hydrogens is 204 g/mol. The van der Waals surface area contributed by atoms with Crippen LogP contribution in [0.15, 0.2) is 42.7 Å². The molecule has 82 valence electrons. The normalized spacial score (nSPS) is 9.81. The first kappa shape index (κ1) is 10.3. The Morgan fingerprint density at radius 3 is 2.50 bits per heavy atom. The highest BCUT2D eigenvalue weighted by molar-refractivity contribution is 5.53. The van der Waals surface area contributed by atoms with E-state index in [1.54, 1.807) is 25.6 Å². The smallest absolute Gasteiger partial charge is 0.169 e. The fourth-order valence-corrected chi connectivity index (χ4v) is 1.31. The van der Waals surface area contributed by atoms with Gasteiger partial charge < -0.3 is 15.2 Å². The molecule has 0 fully saturated rings. The number of rotatable bonds is 3. The number of hydrogen-bond donors (Lipinski definition) is 1. The molecule has 0 aliphatic carbocycles.